The van der Waals surface area contributed by atoms with E-state index >= 15 is 0 Å². The average Bonchev–Trinajstić information content (AvgIpc) is 3.13. The Bertz CT molecular complexity index is 822. The average molecular weight is 371 g/mol. The summed E-state index contributed by atoms with van der Waals surface area (Å²) in [7, 11) is -1.15. The van der Waals surface area contributed by atoms with Crippen molar-refractivity contribution in [3.63, 3.8) is 0 Å². The summed E-state index contributed by atoms with van der Waals surface area (Å²) >= 11 is 0. The Morgan fingerprint density at radius 3 is 2.46 bits per heavy atom. The van der Waals surface area contributed by atoms with E-state index in [0.717, 1.165) is 10.5 Å². The van der Waals surface area contributed by atoms with Gasteiger partial charge >= 0.3 is 5.97 Å². The Labute approximate surface area is 154 Å². The van der Waals surface area contributed by atoms with Gasteiger partial charge in [-0.3, -0.25) is 13.8 Å². The molecule has 0 bridgehead atoms. The molecule has 3 rings (SSSR count). The van der Waals surface area contributed by atoms with Gasteiger partial charge < -0.3 is 10.4 Å². The Kier molecular flexibility index (Phi) is 5.83. The number of aliphatic carboxylic acids is 1. The number of benzene rings is 2. The van der Waals surface area contributed by atoms with Crippen molar-refractivity contribution in [2.75, 3.05) is 5.32 Å². The Balaban J connectivity index is 1.62. The zero-order valence-corrected chi connectivity index (χ0v) is 15.1. The van der Waals surface area contributed by atoms with Crippen molar-refractivity contribution in [1.29, 1.82) is 0 Å². The van der Waals surface area contributed by atoms with Crippen LogP contribution in [0.1, 0.15) is 24.8 Å². The number of amides is 1. The first-order valence-corrected chi connectivity index (χ1v) is 9.91. The lowest BCUT2D eigenvalue weighted by Crippen LogP contribution is -2.21. The molecular weight excluding hydrogens is 350 g/mol. The minimum absolute atomic E-state index is 0.143. The molecule has 1 aliphatic carbocycles. The topological polar surface area (TPSA) is 83.5 Å². The molecule has 0 heterocycles. The summed E-state index contributed by atoms with van der Waals surface area (Å²) in [6.07, 6.45) is 1.53. The van der Waals surface area contributed by atoms with Crippen LogP contribution in [0, 0.1) is 11.8 Å². The first-order valence-electron chi connectivity index (χ1n) is 8.59. The number of rotatable bonds is 6. The van der Waals surface area contributed by atoms with Crippen LogP contribution in [0.25, 0.3) is 0 Å². The van der Waals surface area contributed by atoms with Crippen molar-refractivity contribution < 1.29 is 18.9 Å². The molecule has 1 saturated carbocycles. The smallest absolute Gasteiger partial charge is 0.306 e. The van der Waals surface area contributed by atoms with Crippen molar-refractivity contribution in [3.05, 3.63) is 60.2 Å². The molecule has 136 valence electrons. The minimum Gasteiger partial charge on any atom is -0.481 e. The van der Waals surface area contributed by atoms with Gasteiger partial charge in [-0.05, 0) is 49.1 Å². The molecule has 2 aromatic carbocycles. The van der Waals surface area contributed by atoms with E-state index in [1.807, 2.05) is 48.5 Å². The van der Waals surface area contributed by atoms with Crippen molar-refractivity contribution in [2.45, 2.75) is 29.9 Å². The van der Waals surface area contributed by atoms with Crippen LogP contribution in [0.4, 0.5) is 5.69 Å². The maximum atomic E-state index is 12.4. The van der Waals surface area contributed by atoms with E-state index in [1.165, 1.54) is 0 Å². The predicted octanol–water partition coefficient (Wildman–Crippen LogP) is 3.43. The number of hydrogen-bond acceptors (Lipinski definition) is 3. The number of nitrogens with one attached hydrogen (secondary N) is 1. The predicted molar refractivity (Wildman–Crippen MR) is 100 cm³/mol. The molecule has 2 N–H and O–H groups in total. The van der Waals surface area contributed by atoms with Gasteiger partial charge in [0.25, 0.3) is 0 Å². The van der Waals surface area contributed by atoms with Crippen LogP contribution in [-0.4, -0.2) is 21.2 Å². The van der Waals surface area contributed by atoms with Crippen LogP contribution in [0.2, 0.25) is 0 Å². The summed E-state index contributed by atoms with van der Waals surface area (Å²) in [4.78, 5) is 24.2. The highest BCUT2D eigenvalue weighted by atomic mass is 32.2. The lowest BCUT2D eigenvalue weighted by molar-refractivity contribution is -0.141. The minimum atomic E-state index is -1.15. The summed E-state index contributed by atoms with van der Waals surface area (Å²) < 4.78 is 12.4. The van der Waals surface area contributed by atoms with E-state index in [4.69, 9.17) is 5.11 Å². The van der Waals surface area contributed by atoms with E-state index in [0.29, 0.717) is 30.7 Å². The molecule has 0 aromatic heterocycles. The van der Waals surface area contributed by atoms with E-state index in [-0.39, 0.29) is 11.8 Å². The second-order valence-electron chi connectivity index (χ2n) is 6.54. The molecule has 2 aromatic rings. The molecule has 1 fully saturated rings. The summed E-state index contributed by atoms with van der Waals surface area (Å²) in [5.41, 5.74) is 1.52. The summed E-state index contributed by atoms with van der Waals surface area (Å²) in [5, 5.41) is 11.9. The Morgan fingerprint density at radius 1 is 1.04 bits per heavy atom. The zero-order chi connectivity index (χ0) is 18.5. The Morgan fingerprint density at radius 2 is 1.77 bits per heavy atom. The third-order valence-corrected chi connectivity index (χ3v) is 6.04. The first-order chi connectivity index (χ1) is 12.5. The van der Waals surface area contributed by atoms with Gasteiger partial charge in [0.2, 0.25) is 5.91 Å². The standard InChI is InChI=1S/C20H21NO4S/c22-19(15-9-10-16(12-15)20(23)24)21-17-6-4-5-14(11-17)13-26(25)18-7-2-1-3-8-18/h1-8,11,15-16H,9-10,12-13H2,(H,21,22)(H,23,24)/t15-,16+,26?/m0/s1. The maximum absolute atomic E-state index is 12.4. The second kappa shape index (κ2) is 8.27. The van der Waals surface area contributed by atoms with Gasteiger partial charge in [-0.25, -0.2) is 0 Å². The van der Waals surface area contributed by atoms with Crippen molar-refractivity contribution in [2.24, 2.45) is 11.8 Å². The van der Waals surface area contributed by atoms with Crippen molar-refractivity contribution >= 4 is 28.4 Å². The van der Waals surface area contributed by atoms with Crippen molar-refractivity contribution in [1.82, 2.24) is 0 Å². The fourth-order valence-corrected chi connectivity index (χ4v) is 4.34. The number of carbonyl (C=O) groups excluding carboxylic acids is 1. The molecule has 0 spiro atoms. The SMILES string of the molecule is O=C(O)[C@@H]1CC[C@H](C(=O)Nc2cccc(CS(=O)c3ccccc3)c2)C1. The fourth-order valence-electron chi connectivity index (χ4n) is 3.23. The highest BCUT2D eigenvalue weighted by molar-refractivity contribution is 7.84. The van der Waals surface area contributed by atoms with Gasteiger partial charge in [0, 0.05) is 16.5 Å². The van der Waals surface area contributed by atoms with Crippen LogP contribution in [0.3, 0.4) is 0 Å². The third-order valence-electron chi connectivity index (χ3n) is 4.65. The highest BCUT2D eigenvalue weighted by Crippen LogP contribution is 2.32. The second-order valence-corrected chi connectivity index (χ2v) is 7.99. The zero-order valence-electron chi connectivity index (χ0n) is 14.3. The van der Waals surface area contributed by atoms with Crippen LogP contribution >= 0.6 is 0 Å². The molecule has 1 unspecified atom stereocenters. The van der Waals surface area contributed by atoms with Gasteiger partial charge in [0.1, 0.15) is 0 Å². The van der Waals surface area contributed by atoms with Gasteiger partial charge in [-0.2, -0.15) is 0 Å². The number of hydrogen-bond donors (Lipinski definition) is 2. The van der Waals surface area contributed by atoms with E-state index in [9.17, 15) is 13.8 Å². The monoisotopic (exact) mass is 371 g/mol. The van der Waals surface area contributed by atoms with Crippen LogP contribution in [0.5, 0.6) is 0 Å². The van der Waals surface area contributed by atoms with Crippen LogP contribution < -0.4 is 5.32 Å². The largest absolute Gasteiger partial charge is 0.481 e. The Hall–Kier alpha value is -2.47. The third kappa shape index (κ3) is 4.58. The van der Waals surface area contributed by atoms with Gasteiger partial charge in [-0.1, -0.05) is 30.3 Å². The molecule has 0 aliphatic heterocycles. The molecule has 6 heteroatoms. The quantitative estimate of drug-likeness (QED) is 0.815. The van der Waals surface area contributed by atoms with E-state index < -0.39 is 22.7 Å². The molecule has 3 atom stereocenters. The summed E-state index contributed by atoms with van der Waals surface area (Å²) in [6.45, 7) is 0. The number of carboxylic acids is 1. The highest BCUT2D eigenvalue weighted by Gasteiger charge is 2.33. The molecule has 5 nitrogen and oxygen atoms in total. The molecule has 1 amide bonds. The maximum Gasteiger partial charge on any atom is 0.306 e. The number of carboxylic acid groups (broad SMARTS) is 1. The molecule has 26 heavy (non-hydrogen) atoms. The van der Waals surface area contributed by atoms with Gasteiger partial charge in [0.15, 0.2) is 0 Å². The van der Waals surface area contributed by atoms with Crippen LogP contribution in [0.15, 0.2) is 59.5 Å². The number of carbonyl (C=O) groups is 2. The normalized spacial score (nSPS) is 20.5. The first kappa shape index (κ1) is 18.3. The van der Waals surface area contributed by atoms with Crippen molar-refractivity contribution in [3.8, 4) is 0 Å². The molecule has 0 saturated heterocycles. The molecule has 1 aliphatic rings. The molecular formula is C20H21NO4S. The van der Waals surface area contributed by atoms with Gasteiger partial charge in [0.05, 0.1) is 22.5 Å². The van der Waals surface area contributed by atoms with Gasteiger partial charge in [-0.15, -0.1) is 0 Å². The summed E-state index contributed by atoms with van der Waals surface area (Å²) in [5.74, 6) is -1.29. The lowest BCUT2D eigenvalue weighted by Gasteiger charge is -2.12. The lowest BCUT2D eigenvalue weighted by atomic mass is 10.0. The summed E-state index contributed by atoms with van der Waals surface area (Å²) in [6, 6.07) is 16.6. The van der Waals surface area contributed by atoms with Crippen LogP contribution in [-0.2, 0) is 26.1 Å². The molecule has 0 radical (unpaired) electrons. The fraction of sp³-hybridized carbons (Fsp3) is 0.300. The van der Waals surface area contributed by atoms with E-state index in [2.05, 4.69) is 5.32 Å². The van der Waals surface area contributed by atoms with E-state index in [1.54, 1.807) is 6.07 Å². The number of anilines is 1.